The van der Waals surface area contributed by atoms with E-state index in [4.69, 9.17) is 5.73 Å². The lowest BCUT2D eigenvalue weighted by molar-refractivity contribution is -0.119. The minimum atomic E-state index is -0.0886. The number of aromatic hydroxyl groups is 1. The zero-order valence-corrected chi connectivity index (χ0v) is 17.7. The predicted molar refractivity (Wildman–Crippen MR) is 119 cm³/mol. The van der Waals surface area contributed by atoms with Gasteiger partial charge in [0.1, 0.15) is 11.6 Å². The Kier molecular flexibility index (Phi) is 6.23. The van der Waals surface area contributed by atoms with Crippen LogP contribution in [0.3, 0.4) is 0 Å². The number of hydrogen-bond donors (Lipinski definition) is 4. The molecule has 4 rings (SSSR count). The largest absolute Gasteiger partial charge is 0.507 e. The van der Waals surface area contributed by atoms with Crippen LogP contribution in [0.4, 0.5) is 5.82 Å². The van der Waals surface area contributed by atoms with Crippen LogP contribution in [0, 0.1) is 5.92 Å². The number of carbonyl (C=O) groups is 1. The van der Waals surface area contributed by atoms with Crippen molar-refractivity contribution in [3.8, 4) is 17.0 Å². The molecule has 160 valence electrons. The van der Waals surface area contributed by atoms with Gasteiger partial charge in [-0.1, -0.05) is 25.0 Å². The third-order valence-corrected chi connectivity index (χ3v) is 6.35. The number of aromatic nitrogens is 1. The Labute approximate surface area is 178 Å². The molecule has 1 aliphatic heterocycles. The first-order chi connectivity index (χ1) is 14.5. The molecule has 30 heavy (non-hydrogen) atoms. The summed E-state index contributed by atoms with van der Waals surface area (Å²) in [5.41, 5.74) is 11.1. The Hall–Kier alpha value is -2.60. The second-order valence-electron chi connectivity index (χ2n) is 8.71. The summed E-state index contributed by atoms with van der Waals surface area (Å²) in [5.74, 6) is 1.72. The molecular weight excluding hydrogens is 376 g/mol. The first-order valence-corrected chi connectivity index (χ1v) is 11.1. The van der Waals surface area contributed by atoms with Crippen molar-refractivity contribution in [2.24, 2.45) is 5.92 Å². The fourth-order valence-electron chi connectivity index (χ4n) is 4.48. The highest BCUT2D eigenvalue weighted by Crippen LogP contribution is 2.39. The van der Waals surface area contributed by atoms with Gasteiger partial charge in [-0.3, -0.25) is 4.79 Å². The molecular formula is C24H32N4O2. The Balaban J connectivity index is 1.75. The molecule has 0 radical (unpaired) electrons. The maximum atomic E-state index is 11.5. The number of phenolic OH excluding ortho intramolecular Hbond substituents is 1. The molecule has 1 aromatic heterocycles. The Morgan fingerprint density at radius 3 is 2.87 bits per heavy atom. The normalized spacial score (nSPS) is 18.9. The summed E-state index contributed by atoms with van der Waals surface area (Å²) >= 11 is 0. The van der Waals surface area contributed by atoms with Crippen LogP contribution in [-0.2, 0) is 17.8 Å². The number of piperidine rings is 1. The Morgan fingerprint density at radius 2 is 2.17 bits per heavy atom. The fourth-order valence-corrected chi connectivity index (χ4v) is 4.48. The average Bonchev–Trinajstić information content (AvgIpc) is 3.56. The number of pyridine rings is 1. The van der Waals surface area contributed by atoms with E-state index in [9.17, 15) is 9.90 Å². The van der Waals surface area contributed by atoms with Crippen LogP contribution in [-0.4, -0.2) is 29.1 Å². The van der Waals surface area contributed by atoms with Crippen LogP contribution in [0.15, 0.2) is 24.3 Å². The first-order valence-electron chi connectivity index (χ1n) is 11.1. The van der Waals surface area contributed by atoms with E-state index in [2.05, 4.69) is 27.8 Å². The monoisotopic (exact) mass is 408 g/mol. The molecule has 1 atom stereocenters. The zero-order chi connectivity index (χ0) is 21.1. The smallest absolute Gasteiger partial charge is 0.217 e. The molecule has 0 spiro atoms. The molecule has 1 saturated carbocycles. The van der Waals surface area contributed by atoms with Crippen LogP contribution in [0.2, 0.25) is 0 Å². The first kappa shape index (κ1) is 20.7. The molecule has 1 aromatic carbocycles. The molecule has 1 unspecified atom stereocenters. The van der Waals surface area contributed by atoms with Gasteiger partial charge in [0.2, 0.25) is 5.91 Å². The summed E-state index contributed by atoms with van der Waals surface area (Å²) in [5, 5.41) is 17.1. The third-order valence-electron chi connectivity index (χ3n) is 6.35. The van der Waals surface area contributed by atoms with Gasteiger partial charge in [-0.25, -0.2) is 4.98 Å². The maximum Gasteiger partial charge on any atom is 0.217 e. The van der Waals surface area contributed by atoms with Crippen LogP contribution in [0.5, 0.6) is 5.75 Å². The number of nitrogens with two attached hydrogens (primary N) is 1. The number of anilines is 1. The lowest BCUT2D eigenvalue weighted by atomic mass is 9.87. The minimum absolute atomic E-state index is 0.0886. The number of hydrogen-bond acceptors (Lipinski definition) is 5. The van der Waals surface area contributed by atoms with E-state index in [1.807, 2.05) is 6.07 Å². The van der Waals surface area contributed by atoms with Gasteiger partial charge >= 0.3 is 0 Å². The molecule has 1 amide bonds. The van der Waals surface area contributed by atoms with Gasteiger partial charge in [0.15, 0.2) is 0 Å². The number of benzene rings is 1. The SMILES string of the molecule is CC(=O)NCc1c(C2CCCNC2)cc(-c2c(O)cccc2CCC2CC2)nc1N. The van der Waals surface area contributed by atoms with Gasteiger partial charge in [0.25, 0.3) is 0 Å². The van der Waals surface area contributed by atoms with Crippen molar-refractivity contribution >= 4 is 11.7 Å². The molecule has 2 aromatic rings. The highest BCUT2D eigenvalue weighted by Gasteiger charge is 2.25. The second-order valence-corrected chi connectivity index (χ2v) is 8.71. The van der Waals surface area contributed by atoms with Crippen LogP contribution >= 0.6 is 0 Å². The van der Waals surface area contributed by atoms with E-state index in [0.29, 0.717) is 18.3 Å². The highest BCUT2D eigenvalue weighted by molar-refractivity contribution is 5.75. The minimum Gasteiger partial charge on any atom is -0.507 e. The molecule has 2 heterocycles. The number of phenols is 1. The second kappa shape index (κ2) is 9.04. The summed E-state index contributed by atoms with van der Waals surface area (Å²) in [7, 11) is 0. The number of carbonyl (C=O) groups excluding carboxylic acids is 1. The van der Waals surface area contributed by atoms with E-state index in [0.717, 1.165) is 72.6 Å². The number of nitrogens with zero attached hydrogens (tertiary/aromatic N) is 1. The Morgan fingerprint density at radius 1 is 1.33 bits per heavy atom. The van der Waals surface area contributed by atoms with Crippen molar-refractivity contribution in [2.75, 3.05) is 18.8 Å². The molecule has 1 aliphatic carbocycles. The fraction of sp³-hybridized carbons (Fsp3) is 0.500. The van der Waals surface area contributed by atoms with Crippen LogP contribution in [0.25, 0.3) is 11.3 Å². The predicted octanol–water partition coefficient (Wildman–Crippen LogP) is 3.48. The van der Waals surface area contributed by atoms with E-state index >= 15 is 0 Å². The Bertz CT molecular complexity index is 918. The highest BCUT2D eigenvalue weighted by atomic mass is 16.3. The molecule has 6 heteroatoms. The van der Waals surface area contributed by atoms with Crippen molar-refractivity contribution in [3.63, 3.8) is 0 Å². The number of aryl methyl sites for hydroxylation is 1. The van der Waals surface area contributed by atoms with Crippen molar-refractivity contribution in [2.45, 2.75) is 57.9 Å². The molecule has 0 bridgehead atoms. The van der Waals surface area contributed by atoms with E-state index in [-0.39, 0.29) is 11.7 Å². The van der Waals surface area contributed by atoms with Crippen molar-refractivity contribution < 1.29 is 9.90 Å². The number of nitrogens with one attached hydrogen (secondary N) is 2. The van der Waals surface area contributed by atoms with E-state index in [1.165, 1.54) is 19.8 Å². The van der Waals surface area contributed by atoms with Gasteiger partial charge < -0.3 is 21.5 Å². The lowest BCUT2D eigenvalue weighted by Crippen LogP contribution is -2.30. The quantitative estimate of drug-likeness (QED) is 0.562. The van der Waals surface area contributed by atoms with Crippen molar-refractivity contribution in [1.29, 1.82) is 0 Å². The van der Waals surface area contributed by atoms with Gasteiger partial charge in [0.05, 0.1) is 5.69 Å². The molecule has 6 nitrogen and oxygen atoms in total. The average molecular weight is 409 g/mol. The van der Waals surface area contributed by atoms with Crippen LogP contribution < -0.4 is 16.4 Å². The summed E-state index contributed by atoms with van der Waals surface area (Å²) in [4.78, 5) is 16.2. The van der Waals surface area contributed by atoms with E-state index < -0.39 is 0 Å². The summed E-state index contributed by atoms with van der Waals surface area (Å²) in [6, 6.07) is 7.80. The van der Waals surface area contributed by atoms with Gasteiger partial charge in [0, 0.05) is 31.1 Å². The standard InChI is InChI=1S/C24H32N4O2/c1-15(29)27-14-20-19(18-5-3-11-26-13-18)12-21(28-24(20)25)23-17(4-2-6-22(23)30)10-9-16-7-8-16/h2,4,6,12,16,18,26,30H,3,5,7-11,13-14H2,1H3,(H2,25,28)(H,27,29). The molecule has 5 N–H and O–H groups in total. The third kappa shape index (κ3) is 4.75. The zero-order valence-electron chi connectivity index (χ0n) is 17.7. The van der Waals surface area contributed by atoms with Crippen LogP contribution in [0.1, 0.15) is 61.6 Å². The topological polar surface area (TPSA) is 100 Å². The number of amides is 1. The number of nitrogen functional groups attached to an aromatic ring is 1. The molecule has 1 saturated heterocycles. The lowest BCUT2D eigenvalue weighted by Gasteiger charge is -2.27. The van der Waals surface area contributed by atoms with Crippen molar-refractivity contribution in [1.82, 2.24) is 15.6 Å². The van der Waals surface area contributed by atoms with Crippen molar-refractivity contribution in [3.05, 3.63) is 41.0 Å². The van der Waals surface area contributed by atoms with Gasteiger partial charge in [-0.15, -0.1) is 0 Å². The number of rotatable bonds is 7. The molecule has 2 fully saturated rings. The maximum absolute atomic E-state index is 11.5. The van der Waals surface area contributed by atoms with E-state index in [1.54, 1.807) is 6.07 Å². The van der Waals surface area contributed by atoms with Gasteiger partial charge in [-0.05, 0) is 67.3 Å². The summed E-state index contributed by atoms with van der Waals surface area (Å²) in [6.07, 6.45) is 6.88. The summed E-state index contributed by atoms with van der Waals surface area (Å²) in [6.45, 7) is 3.78. The van der Waals surface area contributed by atoms with Gasteiger partial charge in [-0.2, -0.15) is 0 Å². The summed E-state index contributed by atoms with van der Waals surface area (Å²) < 4.78 is 0. The molecule has 2 aliphatic rings.